The number of pyridine rings is 1. The largest absolute Gasteiger partial charge is 0.487 e. The van der Waals surface area contributed by atoms with Crippen LogP contribution in [0.4, 0.5) is 0 Å². The molecule has 5 aromatic carbocycles. The number of aromatic amines is 1. The third-order valence-electron chi connectivity index (χ3n) is 9.18. The molecule has 0 aliphatic rings. The molecule has 3 aromatic heterocycles. The highest BCUT2D eigenvalue weighted by molar-refractivity contribution is 5.92. The Morgan fingerprint density at radius 2 is 1.29 bits per heavy atom. The topological polar surface area (TPSA) is 77.7 Å². The molecule has 0 atom stereocenters. The zero-order chi connectivity index (χ0) is 33.2. The molecule has 238 valence electrons. The smallest absolute Gasteiger partial charge is 0.250 e. The lowest BCUT2D eigenvalue weighted by atomic mass is 9.76. The van der Waals surface area contributed by atoms with Crippen molar-refractivity contribution in [1.82, 2.24) is 24.3 Å². The second-order valence-electron chi connectivity index (χ2n) is 12.0. The van der Waals surface area contributed by atoms with E-state index in [1.165, 1.54) is 0 Å². The fourth-order valence-corrected chi connectivity index (χ4v) is 6.81. The first-order valence-corrected chi connectivity index (χ1v) is 16.2. The van der Waals surface area contributed by atoms with Gasteiger partial charge in [-0.1, -0.05) is 115 Å². The third kappa shape index (κ3) is 5.31. The Hall–Kier alpha value is -6.47. The average Bonchev–Trinajstić information content (AvgIpc) is 3.82. The minimum absolute atomic E-state index is 0.0597. The number of rotatable bonds is 9. The summed E-state index contributed by atoms with van der Waals surface area (Å²) in [6.45, 7) is 0.304. The van der Waals surface area contributed by atoms with Gasteiger partial charge in [0.2, 0.25) is 5.56 Å². The van der Waals surface area contributed by atoms with Crippen molar-refractivity contribution in [2.24, 2.45) is 7.05 Å². The molecular weight excluding hydrogens is 606 g/mol. The van der Waals surface area contributed by atoms with E-state index in [-0.39, 0.29) is 5.56 Å². The number of ether oxygens (including phenoxy) is 1. The molecule has 0 saturated heterocycles. The van der Waals surface area contributed by atoms with Crippen LogP contribution in [0, 0.1) is 0 Å². The summed E-state index contributed by atoms with van der Waals surface area (Å²) in [6, 6.07) is 49.8. The predicted octanol–water partition coefficient (Wildman–Crippen LogP) is 8.21. The molecule has 49 heavy (non-hydrogen) atoms. The van der Waals surface area contributed by atoms with Crippen LogP contribution in [0.25, 0.3) is 33.3 Å². The van der Waals surface area contributed by atoms with Gasteiger partial charge in [0.05, 0.1) is 29.3 Å². The van der Waals surface area contributed by atoms with Gasteiger partial charge in [0.15, 0.2) is 0 Å². The van der Waals surface area contributed by atoms with Crippen molar-refractivity contribution in [2.75, 3.05) is 0 Å². The maximum absolute atomic E-state index is 11.9. The fourth-order valence-electron chi connectivity index (χ4n) is 6.81. The molecule has 0 aliphatic carbocycles. The Labute approximate surface area is 283 Å². The molecular formula is C42H33N5O2. The van der Waals surface area contributed by atoms with Crippen LogP contribution in [0.15, 0.2) is 169 Å². The van der Waals surface area contributed by atoms with E-state index in [1.807, 2.05) is 18.5 Å². The lowest BCUT2D eigenvalue weighted by molar-refractivity contribution is 0.301. The normalized spacial score (nSPS) is 11.5. The van der Waals surface area contributed by atoms with Crippen LogP contribution in [0.5, 0.6) is 5.75 Å². The van der Waals surface area contributed by atoms with Crippen molar-refractivity contribution in [1.29, 1.82) is 0 Å². The number of hydrogen-bond acceptors (Lipinski definition) is 4. The van der Waals surface area contributed by atoms with E-state index < -0.39 is 5.54 Å². The van der Waals surface area contributed by atoms with Crippen molar-refractivity contribution in [2.45, 2.75) is 12.1 Å². The maximum atomic E-state index is 11.9. The predicted molar refractivity (Wildman–Crippen MR) is 193 cm³/mol. The van der Waals surface area contributed by atoms with E-state index in [9.17, 15) is 4.79 Å². The summed E-state index contributed by atoms with van der Waals surface area (Å²) in [4.78, 5) is 16.9. The highest BCUT2D eigenvalue weighted by Gasteiger charge is 2.39. The number of benzene rings is 5. The number of aryl methyl sites for hydroxylation is 1. The molecule has 7 heteroatoms. The zero-order valence-electron chi connectivity index (χ0n) is 26.9. The Bertz CT molecular complexity index is 2320. The molecule has 0 amide bonds. The highest BCUT2D eigenvalue weighted by Crippen LogP contribution is 2.43. The van der Waals surface area contributed by atoms with Crippen LogP contribution in [-0.4, -0.2) is 24.3 Å². The monoisotopic (exact) mass is 639 g/mol. The maximum Gasteiger partial charge on any atom is 0.250 e. The van der Waals surface area contributed by atoms with E-state index >= 15 is 0 Å². The Balaban J connectivity index is 1.16. The molecule has 0 bridgehead atoms. The molecule has 0 fully saturated rings. The lowest BCUT2D eigenvalue weighted by Crippen LogP contribution is -2.37. The van der Waals surface area contributed by atoms with E-state index in [0.717, 1.165) is 61.4 Å². The summed E-state index contributed by atoms with van der Waals surface area (Å²) in [5, 5.41) is 7.26. The molecule has 7 nitrogen and oxygen atoms in total. The fraction of sp³-hybridized carbons (Fsp3) is 0.0714. The zero-order valence-corrected chi connectivity index (χ0v) is 26.9. The van der Waals surface area contributed by atoms with Gasteiger partial charge in [-0.3, -0.25) is 9.89 Å². The van der Waals surface area contributed by atoms with E-state index in [4.69, 9.17) is 9.72 Å². The summed E-state index contributed by atoms with van der Waals surface area (Å²) in [5.41, 5.74) is 9.38. The summed E-state index contributed by atoms with van der Waals surface area (Å²) in [6.07, 6.45) is 5.53. The van der Waals surface area contributed by atoms with Gasteiger partial charge in [-0.25, -0.2) is 4.98 Å². The van der Waals surface area contributed by atoms with Gasteiger partial charge in [0, 0.05) is 36.0 Å². The van der Waals surface area contributed by atoms with Crippen LogP contribution >= 0.6 is 0 Å². The molecule has 0 spiro atoms. The first-order chi connectivity index (χ1) is 24.1. The number of fused-ring (bicyclic) bond motifs is 1. The summed E-state index contributed by atoms with van der Waals surface area (Å²) < 4.78 is 10.1. The number of hydrogen-bond donors (Lipinski definition) is 1. The van der Waals surface area contributed by atoms with Gasteiger partial charge >= 0.3 is 0 Å². The van der Waals surface area contributed by atoms with Crippen LogP contribution in [0.1, 0.15) is 22.4 Å². The Morgan fingerprint density at radius 1 is 0.673 bits per heavy atom. The second kappa shape index (κ2) is 12.6. The second-order valence-corrected chi connectivity index (χ2v) is 12.0. The molecule has 8 rings (SSSR count). The van der Waals surface area contributed by atoms with Crippen LogP contribution in [0.2, 0.25) is 0 Å². The number of aromatic nitrogens is 5. The van der Waals surface area contributed by atoms with Crippen LogP contribution < -0.4 is 10.3 Å². The van der Waals surface area contributed by atoms with Gasteiger partial charge in [0.25, 0.3) is 0 Å². The van der Waals surface area contributed by atoms with Crippen molar-refractivity contribution in [3.05, 3.63) is 197 Å². The summed E-state index contributed by atoms with van der Waals surface area (Å²) >= 11 is 0. The van der Waals surface area contributed by atoms with Gasteiger partial charge in [-0.15, -0.1) is 0 Å². The minimum Gasteiger partial charge on any atom is -0.487 e. The summed E-state index contributed by atoms with van der Waals surface area (Å²) in [5.74, 6) is 0.735. The van der Waals surface area contributed by atoms with Gasteiger partial charge < -0.3 is 13.9 Å². The van der Waals surface area contributed by atoms with E-state index in [1.54, 1.807) is 36.1 Å². The number of nitrogens with zero attached hydrogens (tertiary/aromatic N) is 4. The molecule has 0 aliphatic heterocycles. The van der Waals surface area contributed by atoms with Crippen molar-refractivity contribution in [3.8, 4) is 28.0 Å². The average molecular weight is 640 g/mol. The highest BCUT2D eigenvalue weighted by atomic mass is 16.5. The van der Waals surface area contributed by atoms with Gasteiger partial charge in [-0.05, 0) is 46.5 Å². The number of nitrogens with one attached hydrogen (secondary N) is 1. The van der Waals surface area contributed by atoms with Crippen molar-refractivity contribution >= 4 is 11.0 Å². The summed E-state index contributed by atoms with van der Waals surface area (Å²) in [7, 11) is 1.74. The first-order valence-electron chi connectivity index (χ1n) is 16.2. The third-order valence-corrected chi connectivity index (χ3v) is 9.18. The van der Waals surface area contributed by atoms with E-state index in [2.05, 4.69) is 136 Å². The molecule has 0 radical (unpaired) electrons. The number of para-hydroxylation sites is 1. The standard InChI is InChI=1S/C42H33N5O2/c1-46-27-31(22-25-40(46)48)37-26-44-45-38(37)28-49-35-23-20-30(21-24-35)36-18-11-19-39-41(36)43-29-47(39)42(32-12-5-2-6-13-32,33-14-7-3-8-15-33)34-16-9-4-10-17-34/h2-27,29H,28H2,1H3,(H,44,45). The number of H-pyrrole nitrogens is 1. The minimum atomic E-state index is -0.658. The molecule has 1 N–H and O–H groups in total. The molecule has 8 aromatic rings. The van der Waals surface area contributed by atoms with Crippen LogP contribution in [-0.2, 0) is 19.2 Å². The lowest BCUT2D eigenvalue weighted by Gasteiger charge is -2.38. The van der Waals surface area contributed by atoms with Crippen molar-refractivity contribution < 1.29 is 4.74 Å². The Kier molecular flexibility index (Phi) is 7.70. The van der Waals surface area contributed by atoms with Gasteiger partial charge in [0.1, 0.15) is 17.9 Å². The SMILES string of the molecule is Cn1cc(-c2cn[nH]c2COc2ccc(-c3cccc4c3ncn4C(c3ccccc3)(c3ccccc3)c3ccccc3)cc2)ccc1=O. The van der Waals surface area contributed by atoms with Gasteiger partial charge in [-0.2, -0.15) is 5.10 Å². The quantitative estimate of drug-likeness (QED) is 0.162. The number of imidazole rings is 1. The van der Waals surface area contributed by atoms with E-state index in [0.29, 0.717) is 6.61 Å². The molecule has 3 heterocycles. The van der Waals surface area contributed by atoms with Crippen LogP contribution in [0.3, 0.4) is 0 Å². The van der Waals surface area contributed by atoms with Crippen molar-refractivity contribution in [3.63, 3.8) is 0 Å². The molecule has 0 unspecified atom stereocenters. The molecule has 0 saturated carbocycles. The Morgan fingerprint density at radius 3 is 1.90 bits per heavy atom. The first kappa shape index (κ1) is 29.9.